The standard InChI is InChI=1S/C29H27NO7/c1-3-36-23-7-5-6-20(17-23)27(33)25-26(19-10-14-22(31)15-11-19)30(29(35)28(25)34)21-12-8-18(9-13-21)16-24(32)37-4-2/h5-15,17,26,31,33H,3-4,16H2,1-2H3/b27-25-. The second-order valence-electron chi connectivity index (χ2n) is 8.37. The quantitative estimate of drug-likeness (QED) is 0.202. The van der Waals surface area contributed by atoms with E-state index in [1.165, 1.54) is 17.0 Å². The molecule has 1 aliphatic heterocycles. The zero-order valence-corrected chi connectivity index (χ0v) is 20.5. The van der Waals surface area contributed by atoms with Crippen molar-refractivity contribution in [3.8, 4) is 11.5 Å². The van der Waals surface area contributed by atoms with E-state index >= 15 is 0 Å². The lowest BCUT2D eigenvalue weighted by atomic mass is 9.95. The third-order valence-electron chi connectivity index (χ3n) is 5.94. The van der Waals surface area contributed by atoms with Gasteiger partial charge in [0.2, 0.25) is 0 Å². The van der Waals surface area contributed by atoms with Gasteiger partial charge in [-0.05, 0) is 61.4 Å². The van der Waals surface area contributed by atoms with Crippen LogP contribution in [0.3, 0.4) is 0 Å². The van der Waals surface area contributed by atoms with Crippen molar-refractivity contribution < 1.29 is 34.1 Å². The van der Waals surface area contributed by atoms with Crippen LogP contribution < -0.4 is 9.64 Å². The van der Waals surface area contributed by atoms with E-state index in [1.54, 1.807) is 67.6 Å². The number of Topliss-reactive ketones (excluding diaryl/α,β-unsaturated/α-hetero) is 1. The molecule has 0 radical (unpaired) electrons. The van der Waals surface area contributed by atoms with Crippen molar-refractivity contribution in [1.82, 2.24) is 0 Å². The average Bonchev–Trinajstić information content (AvgIpc) is 3.15. The van der Waals surface area contributed by atoms with Gasteiger partial charge in [0.25, 0.3) is 11.7 Å². The molecule has 0 aromatic heterocycles. The molecule has 4 rings (SSSR count). The number of aliphatic hydroxyl groups is 1. The first kappa shape index (κ1) is 25.5. The van der Waals surface area contributed by atoms with E-state index in [0.717, 1.165) is 0 Å². The summed E-state index contributed by atoms with van der Waals surface area (Å²) in [6.45, 7) is 4.27. The van der Waals surface area contributed by atoms with E-state index in [1.807, 2.05) is 6.92 Å². The molecule has 1 amide bonds. The number of carbonyl (C=O) groups is 3. The van der Waals surface area contributed by atoms with Crippen molar-refractivity contribution >= 4 is 29.1 Å². The molecule has 0 spiro atoms. The zero-order valence-electron chi connectivity index (χ0n) is 20.5. The van der Waals surface area contributed by atoms with Crippen LogP contribution >= 0.6 is 0 Å². The number of ether oxygens (including phenoxy) is 2. The molecule has 3 aromatic carbocycles. The highest BCUT2D eigenvalue weighted by Gasteiger charge is 2.47. The van der Waals surface area contributed by atoms with E-state index in [0.29, 0.717) is 34.7 Å². The molecule has 0 saturated carbocycles. The number of phenolic OH excluding ortho intramolecular Hbond substituents is 1. The Morgan fingerprint density at radius 1 is 0.946 bits per heavy atom. The number of ketones is 1. The number of hydrogen-bond acceptors (Lipinski definition) is 7. The van der Waals surface area contributed by atoms with E-state index < -0.39 is 17.7 Å². The van der Waals surface area contributed by atoms with Gasteiger partial charge in [0, 0.05) is 11.3 Å². The average molecular weight is 502 g/mol. The van der Waals surface area contributed by atoms with Crippen LogP contribution in [0.15, 0.2) is 78.4 Å². The fourth-order valence-electron chi connectivity index (χ4n) is 4.28. The van der Waals surface area contributed by atoms with Gasteiger partial charge in [-0.2, -0.15) is 0 Å². The van der Waals surface area contributed by atoms with Crippen molar-refractivity contribution in [3.05, 3.63) is 95.1 Å². The number of esters is 1. The van der Waals surface area contributed by atoms with Gasteiger partial charge in [0.15, 0.2) is 0 Å². The third kappa shape index (κ3) is 5.33. The molecule has 2 N–H and O–H groups in total. The molecule has 1 fully saturated rings. The van der Waals surface area contributed by atoms with Gasteiger partial charge in [-0.25, -0.2) is 0 Å². The number of anilines is 1. The maximum Gasteiger partial charge on any atom is 0.310 e. The normalized spacial score (nSPS) is 16.6. The van der Waals surface area contributed by atoms with Crippen molar-refractivity contribution in [3.63, 3.8) is 0 Å². The van der Waals surface area contributed by atoms with Crippen LogP contribution in [0.4, 0.5) is 5.69 Å². The van der Waals surface area contributed by atoms with Crippen LogP contribution in [0, 0.1) is 0 Å². The lowest BCUT2D eigenvalue weighted by Crippen LogP contribution is -2.29. The molecule has 0 bridgehead atoms. The minimum atomic E-state index is -0.952. The molecular weight excluding hydrogens is 474 g/mol. The largest absolute Gasteiger partial charge is 0.508 e. The highest BCUT2D eigenvalue weighted by atomic mass is 16.5. The number of phenols is 1. The number of aliphatic hydroxyl groups excluding tert-OH is 1. The number of benzene rings is 3. The van der Waals surface area contributed by atoms with Crippen LogP contribution in [0.5, 0.6) is 11.5 Å². The molecule has 1 atom stereocenters. The Hall–Kier alpha value is -4.59. The summed E-state index contributed by atoms with van der Waals surface area (Å²) >= 11 is 0. The number of nitrogens with zero attached hydrogens (tertiary/aromatic N) is 1. The van der Waals surface area contributed by atoms with Crippen molar-refractivity contribution in [2.75, 3.05) is 18.1 Å². The van der Waals surface area contributed by atoms with Crippen LogP contribution in [-0.2, 0) is 25.5 Å². The molecule has 1 saturated heterocycles. The number of aromatic hydroxyl groups is 1. The summed E-state index contributed by atoms with van der Waals surface area (Å²) in [4.78, 5) is 39.7. The Kier molecular flexibility index (Phi) is 7.57. The van der Waals surface area contributed by atoms with Crippen molar-refractivity contribution in [2.24, 2.45) is 0 Å². The highest BCUT2D eigenvalue weighted by molar-refractivity contribution is 6.51. The molecule has 37 heavy (non-hydrogen) atoms. The minimum absolute atomic E-state index is 0.0217. The Morgan fingerprint density at radius 3 is 2.30 bits per heavy atom. The third-order valence-corrected chi connectivity index (χ3v) is 5.94. The SMILES string of the molecule is CCOC(=O)Cc1ccc(N2C(=O)C(=O)/C(=C(\O)c3cccc(OCC)c3)C2c2ccc(O)cc2)cc1. The van der Waals surface area contributed by atoms with E-state index in [4.69, 9.17) is 9.47 Å². The maximum atomic E-state index is 13.3. The van der Waals surface area contributed by atoms with Gasteiger partial charge in [-0.3, -0.25) is 19.3 Å². The summed E-state index contributed by atoms with van der Waals surface area (Å²) in [6, 6.07) is 18.4. The fourth-order valence-corrected chi connectivity index (χ4v) is 4.28. The Bertz CT molecular complexity index is 1340. The van der Waals surface area contributed by atoms with E-state index in [2.05, 4.69) is 0 Å². The fraction of sp³-hybridized carbons (Fsp3) is 0.207. The Labute approximate surface area is 214 Å². The predicted molar refractivity (Wildman–Crippen MR) is 137 cm³/mol. The van der Waals surface area contributed by atoms with E-state index in [-0.39, 0.29) is 36.1 Å². The van der Waals surface area contributed by atoms with Crippen molar-refractivity contribution in [2.45, 2.75) is 26.3 Å². The minimum Gasteiger partial charge on any atom is -0.508 e. The molecule has 190 valence electrons. The van der Waals surface area contributed by atoms with Gasteiger partial charge >= 0.3 is 5.97 Å². The molecule has 1 unspecified atom stereocenters. The van der Waals surface area contributed by atoms with Crippen molar-refractivity contribution in [1.29, 1.82) is 0 Å². The molecule has 8 heteroatoms. The first-order valence-corrected chi connectivity index (χ1v) is 11.9. The van der Waals surface area contributed by atoms with Crippen LogP contribution in [0.2, 0.25) is 0 Å². The van der Waals surface area contributed by atoms with Gasteiger partial charge in [-0.1, -0.05) is 36.4 Å². The topological polar surface area (TPSA) is 113 Å². The molecular formula is C29H27NO7. The second-order valence-corrected chi connectivity index (χ2v) is 8.37. The van der Waals surface area contributed by atoms with Crippen LogP contribution in [0.25, 0.3) is 5.76 Å². The molecule has 1 aliphatic rings. The summed E-state index contributed by atoms with van der Waals surface area (Å²) in [5.74, 6) is -1.81. The molecule has 1 heterocycles. The van der Waals surface area contributed by atoms with Crippen LogP contribution in [0.1, 0.15) is 36.6 Å². The number of hydrogen-bond donors (Lipinski definition) is 2. The van der Waals surface area contributed by atoms with Crippen LogP contribution in [-0.4, -0.2) is 41.1 Å². The zero-order chi connectivity index (χ0) is 26.5. The predicted octanol–water partition coefficient (Wildman–Crippen LogP) is 4.52. The number of rotatable bonds is 8. The lowest BCUT2D eigenvalue weighted by molar-refractivity contribution is -0.142. The summed E-state index contributed by atoms with van der Waals surface area (Å²) in [7, 11) is 0. The first-order chi connectivity index (χ1) is 17.8. The maximum absolute atomic E-state index is 13.3. The summed E-state index contributed by atoms with van der Waals surface area (Å²) in [6.07, 6.45) is 0.0739. The summed E-state index contributed by atoms with van der Waals surface area (Å²) in [5.41, 5.74) is 1.87. The van der Waals surface area contributed by atoms with Gasteiger partial charge in [0.1, 0.15) is 17.3 Å². The summed E-state index contributed by atoms with van der Waals surface area (Å²) in [5, 5.41) is 21.1. The molecule has 8 nitrogen and oxygen atoms in total. The second kappa shape index (κ2) is 11.0. The smallest absolute Gasteiger partial charge is 0.310 e. The summed E-state index contributed by atoms with van der Waals surface area (Å²) < 4.78 is 10.5. The number of amides is 1. The molecule has 3 aromatic rings. The monoisotopic (exact) mass is 501 g/mol. The Balaban J connectivity index is 1.80. The van der Waals surface area contributed by atoms with Gasteiger partial charge < -0.3 is 19.7 Å². The Morgan fingerprint density at radius 2 is 1.65 bits per heavy atom. The van der Waals surface area contributed by atoms with Gasteiger partial charge in [0.05, 0.1) is 31.2 Å². The van der Waals surface area contributed by atoms with E-state index in [9.17, 15) is 24.6 Å². The van der Waals surface area contributed by atoms with Gasteiger partial charge in [-0.15, -0.1) is 0 Å². The lowest BCUT2D eigenvalue weighted by Gasteiger charge is -2.25. The first-order valence-electron chi connectivity index (χ1n) is 11.9. The molecule has 0 aliphatic carbocycles. The highest BCUT2D eigenvalue weighted by Crippen LogP contribution is 2.42. The number of carbonyl (C=O) groups excluding carboxylic acids is 3.